The van der Waals surface area contributed by atoms with Crippen molar-refractivity contribution in [1.82, 2.24) is 5.32 Å². The first-order valence-electron chi connectivity index (χ1n) is 5.51. The summed E-state index contributed by atoms with van der Waals surface area (Å²) in [5, 5.41) is 2.71. The molecular weight excluding hydrogens is 258 g/mol. The van der Waals surface area contributed by atoms with Crippen molar-refractivity contribution in [2.24, 2.45) is 0 Å². The van der Waals surface area contributed by atoms with Crippen LogP contribution < -0.4 is 5.32 Å². The van der Waals surface area contributed by atoms with Crippen LogP contribution in [0.1, 0.15) is 13.3 Å². The second-order valence-corrected chi connectivity index (χ2v) is 6.02. The lowest BCUT2D eigenvalue weighted by Gasteiger charge is -2.26. The molecule has 18 heavy (non-hydrogen) atoms. The van der Waals surface area contributed by atoms with Crippen LogP contribution in [-0.2, 0) is 24.2 Å². The Morgan fingerprint density at radius 2 is 1.94 bits per heavy atom. The maximum absolute atomic E-state index is 12.1. The maximum atomic E-state index is 12.1. The molecule has 0 aromatic rings. The standard InChI is InChI=1S/C11H13NO5S/c1-3-6-8(13)7-11(9(14)10(6)17-2)18(15,16)5-4-12-7/h12H,3-5H2,1-2H3. The third-order valence-electron chi connectivity index (χ3n) is 2.96. The molecule has 1 N–H and O–H groups in total. The zero-order chi connectivity index (χ0) is 13.5. The summed E-state index contributed by atoms with van der Waals surface area (Å²) in [6.07, 6.45) is 0.312. The van der Waals surface area contributed by atoms with Gasteiger partial charge in [0.2, 0.25) is 11.6 Å². The summed E-state index contributed by atoms with van der Waals surface area (Å²) in [5.41, 5.74) is 0.106. The van der Waals surface area contributed by atoms with Crippen molar-refractivity contribution in [3.8, 4) is 0 Å². The van der Waals surface area contributed by atoms with Gasteiger partial charge in [0.15, 0.2) is 15.6 Å². The number of hydrogen-bond acceptors (Lipinski definition) is 6. The van der Waals surface area contributed by atoms with Gasteiger partial charge in [-0.05, 0) is 6.42 Å². The molecule has 1 aliphatic heterocycles. The Kier molecular flexibility index (Phi) is 3.02. The minimum atomic E-state index is -3.71. The first kappa shape index (κ1) is 12.8. The van der Waals surface area contributed by atoms with Crippen molar-refractivity contribution >= 4 is 21.4 Å². The number of rotatable bonds is 2. The van der Waals surface area contributed by atoms with Crippen LogP contribution in [0.3, 0.4) is 0 Å². The van der Waals surface area contributed by atoms with E-state index >= 15 is 0 Å². The molecular formula is C11H13NO5S. The molecule has 0 fully saturated rings. The Morgan fingerprint density at radius 3 is 2.50 bits per heavy atom. The van der Waals surface area contributed by atoms with Gasteiger partial charge in [-0.1, -0.05) is 6.92 Å². The predicted molar refractivity (Wildman–Crippen MR) is 63.2 cm³/mol. The molecule has 0 aromatic heterocycles. The number of hydrogen-bond donors (Lipinski definition) is 1. The van der Waals surface area contributed by atoms with Crippen LogP contribution in [0.4, 0.5) is 0 Å². The number of carbonyl (C=O) groups is 2. The van der Waals surface area contributed by atoms with Gasteiger partial charge < -0.3 is 10.1 Å². The summed E-state index contributed by atoms with van der Waals surface area (Å²) in [4.78, 5) is 23.8. The Labute approximate surface area is 105 Å². The van der Waals surface area contributed by atoms with E-state index in [1.165, 1.54) is 7.11 Å². The van der Waals surface area contributed by atoms with E-state index in [0.29, 0.717) is 6.42 Å². The number of carbonyl (C=O) groups excluding carboxylic acids is 2. The molecule has 2 rings (SSSR count). The largest absolute Gasteiger partial charge is 0.492 e. The highest BCUT2D eigenvalue weighted by molar-refractivity contribution is 7.96. The zero-order valence-electron chi connectivity index (χ0n) is 10.1. The van der Waals surface area contributed by atoms with Crippen LogP contribution in [-0.4, -0.2) is 39.4 Å². The molecule has 0 saturated carbocycles. The minimum absolute atomic E-state index is 0.107. The van der Waals surface area contributed by atoms with Crippen molar-refractivity contribution in [3.63, 3.8) is 0 Å². The van der Waals surface area contributed by atoms with Crippen molar-refractivity contribution in [3.05, 3.63) is 21.9 Å². The topological polar surface area (TPSA) is 89.5 Å². The number of sulfone groups is 1. The van der Waals surface area contributed by atoms with Crippen LogP contribution in [0.2, 0.25) is 0 Å². The summed E-state index contributed by atoms with van der Waals surface area (Å²) in [7, 11) is -2.45. The molecule has 0 aromatic carbocycles. The van der Waals surface area contributed by atoms with Gasteiger partial charge in [0.25, 0.3) is 0 Å². The molecule has 0 atom stereocenters. The number of allylic oxidation sites excluding steroid dienone is 2. The van der Waals surface area contributed by atoms with Crippen LogP contribution in [0.15, 0.2) is 21.9 Å². The van der Waals surface area contributed by atoms with E-state index < -0.39 is 26.3 Å². The molecule has 0 spiro atoms. The van der Waals surface area contributed by atoms with E-state index in [1.807, 2.05) is 0 Å². The molecule has 0 unspecified atom stereocenters. The zero-order valence-corrected chi connectivity index (χ0v) is 10.9. The molecule has 0 amide bonds. The Hall–Kier alpha value is -1.63. The first-order chi connectivity index (χ1) is 8.44. The van der Waals surface area contributed by atoms with Crippen LogP contribution in [0.25, 0.3) is 0 Å². The second kappa shape index (κ2) is 4.24. The lowest BCUT2D eigenvalue weighted by Crippen LogP contribution is -2.41. The quantitative estimate of drug-likeness (QED) is 0.692. The van der Waals surface area contributed by atoms with Crippen molar-refractivity contribution in [2.45, 2.75) is 13.3 Å². The molecule has 98 valence electrons. The average molecular weight is 271 g/mol. The number of methoxy groups -OCH3 is 1. The molecule has 6 nitrogen and oxygen atoms in total. The summed E-state index contributed by atoms with van der Waals surface area (Å²) in [6.45, 7) is 1.85. The summed E-state index contributed by atoms with van der Waals surface area (Å²) in [5.74, 6) is -1.54. The number of Topliss-reactive ketones (excluding diaryl/α,β-unsaturated/α-hetero) is 2. The van der Waals surface area contributed by atoms with Gasteiger partial charge in [0.1, 0.15) is 10.6 Å². The van der Waals surface area contributed by atoms with E-state index in [9.17, 15) is 18.0 Å². The number of nitrogens with one attached hydrogen (secondary N) is 1. The van der Waals surface area contributed by atoms with Gasteiger partial charge in [-0.3, -0.25) is 9.59 Å². The smallest absolute Gasteiger partial charge is 0.241 e. The van der Waals surface area contributed by atoms with Gasteiger partial charge in [-0.25, -0.2) is 8.42 Å². The first-order valence-corrected chi connectivity index (χ1v) is 7.16. The van der Waals surface area contributed by atoms with Gasteiger partial charge >= 0.3 is 0 Å². The molecule has 0 saturated heterocycles. The van der Waals surface area contributed by atoms with Crippen molar-refractivity contribution in [2.75, 3.05) is 19.4 Å². The highest BCUT2D eigenvalue weighted by atomic mass is 32.2. The molecule has 1 heterocycles. The Bertz CT molecular complexity index is 597. The van der Waals surface area contributed by atoms with E-state index in [1.54, 1.807) is 6.92 Å². The van der Waals surface area contributed by atoms with Crippen molar-refractivity contribution < 1.29 is 22.7 Å². The number of ether oxygens (including phenoxy) is 1. The summed E-state index contributed by atoms with van der Waals surface area (Å²) < 4.78 is 28.7. The third-order valence-corrected chi connectivity index (χ3v) is 4.71. The number of ketones is 2. The Balaban J connectivity index is 2.68. The lowest BCUT2D eigenvalue weighted by atomic mass is 9.96. The van der Waals surface area contributed by atoms with Crippen LogP contribution >= 0.6 is 0 Å². The fourth-order valence-electron chi connectivity index (χ4n) is 2.12. The second-order valence-electron chi connectivity index (χ2n) is 3.97. The molecule has 1 aliphatic carbocycles. The van der Waals surface area contributed by atoms with E-state index in [0.717, 1.165) is 0 Å². The summed E-state index contributed by atoms with van der Waals surface area (Å²) >= 11 is 0. The van der Waals surface area contributed by atoms with Gasteiger partial charge in [0, 0.05) is 12.1 Å². The normalized spacial score (nSPS) is 22.8. The van der Waals surface area contributed by atoms with Gasteiger partial charge in [-0.2, -0.15) is 0 Å². The van der Waals surface area contributed by atoms with Crippen LogP contribution in [0, 0.1) is 0 Å². The summed E-state index contributed by atoms with van der Waals surface area (Å²) in [6, 6.07) is 0. The maximum Gasteiger partial charge on any atom is 0.241 e. The van der Waals surface area contributed by atoms with E-state index in [2.05, 4.69) is 5.32 Å². The fourth-order valence-corrected chi connectivity index (χ4v) is 3.54. The van der Waals surface area contributed by atoms with E-state index in [-0.39, 0.29) is 29.3 Å². The monoisotopic (exact) mass is 271 g/mol. The predicted octanol–water partition coefficient (Wildman–Crippen LogP) is -0.322. The lowest BCUT2D eigenvalue weighted by molar-refractivity contribution is -0.118. The minimum Gasteiger partial charge on any atom is -0.492 e. The van der Waals surface area contributed by atoms with E-state index in [4.69, 9.17) is 4.74 Å². The highest BCUT2D eigenvalue weighted by Gasteiger charge is 2.42. The van der Waals surface area contributed by atoms with Crippen molar-refractivity contribution in [1.29, 1.82) is 0 Å². The molecule has 0 radical (unpaired) electrons. The molecule has 7 heteroatoms. The third kappa shape index (κ3) is 1.66. The van der Waals surface area contributed by atoms with Crippen LogP contribution in [0.5, 0.6) is 0 Å². The Morgan fingerprint density at radius 1 is 1.28 bits per heavy atom. The molecule has 0 bridgehead atoms. The van der Waals surface area contributed by atoms with Gasteiger partial charge in [0.05, 0.1) is 12.9 Å². The van der Waals surface area contributed by atoms with Gasteiger partial charge in [-0.15, -0.1) is 0 Å². The highest BCUT2D eigenvalue weighted by Crippen LogP contribution is 2.30. The average Bonchev–Trinajstić information content (AvgIpc) is 2.31. The SMILES string of the molecule is CCC1=C(OC)C(=O)C2=C(NCCS2(=O)=O)C1=O. The fraction of sp³-hybridized carbons (Fsp3) is 0.455. The molecule has 2 aliphatic rings.